The fraction of sp³-hybridized carbons (Fsp3) is 0.500. The van der Waals surface area contributed by atoms with Gasteiger partial charge in [-0.15, -0.1) is 11.6 Å². The molecule has 1 atom stereocenters. The van der Waals surface area contributed by atoms with Crippen molar-refractivity contribution in [1.29, 1.82) is 0 Å². The molecule has 0 bridgehead atoms. The summed E-state index contributed by atoms with van der Waals surface area (Å²) in [6, 6.07) is 1.46. The highest BCUT2D eigenvalue weighted by Crippen LogP contribution is 2.27. The number of sulfonamides is 1. The number of pyridine rings is 1. The summed E-state index contributed by atoms with van der Waals surface area (Å²) in [5.74, 6) is 0.334. The van der Waals surface area contributed by atoms with Crippen molar-refractivity contribution in [1.82, 2.24) is 9.29 Å². The number of halogens is 2. The first-order valence-corrected chi connectivity index (χ1v) is 8.01. The van der Waals surface area contributed by atoms with E-state index >= 15 is 0 Å². The Labute approximate surface area is 114 Å². The van der Waals surface area contributed by atoms with Crippen LogP contribution in [0.15, 0.2) is 27.8 Å². The first-order chi connectivity index (χ1) is 8.05. The van der Waals surface area contributed by atoms with E-state index in [1.165, 1.54) is 10.5 Å². The minimum Gasteiger partial charge on any atom is -0.262 e. The molecule has 1 aromatic rings. The van der Waals surface area contributed by atoms with Gasteiger partial charge in [0.25, 0.3) is 0 Å². The second-order valence-corrected chi connectivity index (χ2v) is 7.02. The molecule has 1 fully saturated rings. The van der Waals surface area contributed by atoms with Crippen molar-refractivity contribution in [3.63, 3.8) is 0 Å². The van der Waals surface area contributed by atoms with Crippen molar-refractivity contribution in [2.45, 2.75) is 23.8 Å². The van der Waals surface area contributed by atoms with Crippen LogP contribution < -0.4 is 0 Å². The van der Waals surface area contributed by atoms with Gasteiger partial charge < -0.3 is 0 Å². The third kappa shape index (κ3) is 2.65. The second-order valence-electron chi connectivity index (χ2n) is 3.90. The third-order valence-electron chi connectivity index (χ3n) is 2.79. The monoisotopic (exact) mass is 338 g/mol. The third-order valence-corrected chi connectivity index (χ3v) is 5.49. The summed E-state index contributed by atoms with van der Waals surface area (Å²) in [5, 5.41) is 0. The predicted octanol–water partition coefficient (Wildman–Crippen LogP) is 2.24. The molecule has 1 aliphatic heterocycles. The molecule has 1 unspecified atom stereocenters. The van der Waals surface area contributed by atoms with Crippen molar-refractivity contribution in [3.8, 4) is 0 Å². The van der Waals surface area contributed by atoms with Crippen molar-refractivity contribution in [2.75, 3.05) is 12.4 Å². The Morgan fingerprint density at radius 2 is 2.29 bits per heavy atom. The van der Waals surface area contributed by atoms with Crippen LogP contribution in [0.25, 0.3) is 0 Å². The molecule has 7 heteroatoms. The fourth-order valence-electron chi connectivity index (χ4n) is 1.95. The van der Waals surface area contributed by atoms with E-state index < -0.39 is 10.0 Å². The summed E-state index contributed by atoms with van der Waals surface area (Å²) < 4.78 is 26.9. The molecule has 1 aliphatic rings. The zero-order valence-electron chi connectivity index (χ0n) is 9.01. The van der Waals surface area contributed by atoms with Crippen LogP contribution in [-0.4, -0.2) is 36.2 Å². The number of aromatic nitrogens is 1. The van der Waals surface area contributed by atoms with Crippen LogP contribution >= 0.6 is 27.5 Å². The van der Waals surface area contributed by atoms with Gasteiger partial charge in [-0.25, -0.2) is 8.42 Å². The first kappa shape index (κ1) is 13.3. The van der Waals surface area contributed by atoms with Gasteiger partial charge in [-0.05, 0) is 34.8 Å². The van der Waals surface area contributed by atoms with Crippen molar-refractivity contribution in [2.24, 2.45) is 0 Å². The molecule has 0 amide bonds. The summed E-state index contributed by atoms with van der Waals surface area (Å²) in [6.07, 6.45) is 4.61. The highest BCUT2D eigenvalue weighted by atomic mass is 79.9. The minimum absolute atomic E-state index is 0.0966. The quantitative estimate of drug-likeness (QED) is 0.794. The summed E-state index contributed by atoms with van der Waals surface area (Å²) in [7, 11) is -3.47. The molecule has 0 aliphatic carbocycles. The molecule has 0 saturated carbocycles. The molecule has 0 spiro atoms. The lowest BCUT2D eigenvalue weighted by molar-refractivity contribution is 0.411. The standard InChI is InChI=1S/C10H12BrClN2O2S/c11-8-4-10(7-13-6-8)17(15,16)14-3-1-2-9(14)5-12/h4,6-7,9H,1-3,5H2. The van der Waals surface area contributed by atoms with Crippen LogP contribution in [0.3, 0.4) is 0 Å². The number of rotatable bonds is 3. The van der Waals surface area contributed by atoms with E-state index in [1.807, 2.05) is 0 Å². The Hall–Kier alpha value is -0.170. The molecule has 1 aromatic heterocycles. The van der Waals surface area contributed by atoms with E-state index in [0.717, 1.165) is 12.8 Å². The van der Waals surface area contributed by atoms with Gasteiger partial charge in [0.05, 0.1) is 0 Å². The van der Waals surface area contributed by atoms with Crippen LogP contribution in [-0.2, 0) is 10.0 Å². The summed E-state index contributed by atoms with van der Waals surface area (Å²) >= 11 is 9.02. The lowest BCUT2D eigenvalue weighted by Gasteiger charge is -2.22. The Balaban J connectivity index is 2.36. The summed E-state index contributed by atoms with van der Waals surface area (Å²) in [6.45, 7) is 0.534. The summed E-state index contributed by atoms with van der Waals surface area (Å²) in [5.41, 5.74) is 0. The van der Waals surface area contributed by atoms with E-state index in [9.17, 15) is 8.42 Å². The van der Waals surface area contributed by atoms with Crippen molar-refractivity contribution >= 4 is 37.6 Å². The molecule has 94 valence electrons. The molecule has 0 aromatic carbocycles. The maximum absolute atomic E-state index is 12.4. The van der Waals surface area contributed by atoms with E-state index in [1.54, 1.807) is 12.3 Å². The van der Waals surface area contributed by atoms with E-state index in [2.05, 4.69) is 20.9 Å². The number of hydrogen-bond donors (Lipinski definition) is 0. The number of alkyl halides is 1. The maximum atomic E-state index is 12.4. The van der Waals surface area contributed by atoms with E-state index in [-0.39, 0.29) is 10.9 Å². The van der Waals surface area contributed by atoms with E-state index in [4.69, 9.17) is 11.6 Å². The number of nitrogens with zero attached hydrogens (tertiary/aromatic N) is 2. The smallest absolute Gasteiger partial charge is 0.244 e. The molecular formula is C10H12BrClN2O2S. The van der Waals surface area contributed by atoms with Crippen LogP contribution in [0.1, 0.15) is 12.8 Å². The average molecular weight is 340 g/mol. The Bertz CT molecular complexity index is 509. The Morgan fingerprint density at radius 3 is 2.94 bits per heavy atom. The fourth-order valence-corrected chi connectivity index (χ4v) is 4.55. The van der Waals surface area contributed by atoms with Gasteiger partial charge in [0.2, 0.25) is 10.0 Å². The molecule has 0 radical (unpaired) electrons. The van der Waals surface area contributed by atoms with Gasteiger partial charge in [-0.1, -0.05) is 0 Å². The average Bonchev–Trinajstić information content (AvgIpc) is 2.77. The van der Waals surface area contributed by atoms with Crippen molar-refractivity contribution < 1.29 is 8.42 Å². The molecule has 17 heavy (non-hydrogen) atoms. The zero-order valence-corrected chi connectivity index (χ0v) is 12.2. The second kappa shape index (κ2) is 5.22. The highest BCUT2D eigenvalue weighted by Gasteiger charge is 2.34. The molecule has 4 nitrogen and oxygen atoms in total. The van der Waals surface area contributed by atoms with Gasteiger partial charge in [0.15, 0.2) is 0 Å². The maximum Gasteiger partial charge on any atom is 0.244 e. The molecule has 0 N–H and O–H groups in total. The van der Waals surface area contributed by atoms with E-state index in [0.29, 0.717) is 16.9 Å². The Morgan fingerprint density at radius 1 is 1.53 bits per heavy atom. The van der Waals surface area contributed by atoms with Gasteiger partial charge in [0, 0.05) is 35.3 Å². The highest BCUT2D eigenvalue weighted by molar-refractivity contribution is 9.10. The summed E-state index contributed by atoms with van der Waals surface area (Å²) in [4.78, 5) is 4.10. The van der Waals surface area contributed by atoms with Crippen molar-refractivity contribution in [3.05, 3.63) is 22.9 Å². The zero-order chi connectivity index (χ0) is 12.5. The molecular weight excluding hydrogens is 328 g/mol. The first-order valence-electron chi connectivity index (χ1n) is 5.24. The molecule has 1 saturated heterocycles. The normalized spacial score (nSPS) is 21.9. The van der Waals surface area contributed by atoms with Crippen LogP contribution in [0.4, 0.5) is 0 Å². The lowest BCUT2D eigenvalue weighted by Crippen LogP contribution is -2.36. The number of hydrogen-bond acceptors (Lipinski definition) is 3. The van der Waals surface area contributed by atoms with Crippen LogP contribution in [0.5, 0.6) is 0 Å². The SMILES string of the molecule is O=S(=O)(c1cncc(Br)c1)N1CCCC1CCl. The van der Waals surface area contributed by atoms with Gasteiger partial charge in [-0.3, -0.25) is 4.98 Å². The van der Waals surface area contributed by atoms with Gasteiger partial charge in [-0.2, -0.15) is 4.31 Å². The van der Waals surface area contributed by atoms with Gasteiger partial charge >= 0.3 is 0 Å². The predicted molar refractivity (Wildman–Crippen MR) is 69.6 cm³/mol. The lowest BCUT2D eigenvalue weighted by atomic mass is 10.3. The topological polar surface area (TPSA) is 50.3 Å². The van der Waals surface area contributed by atoms with Crippen LogP contribution in [0.2, 0.25) is 0 Å². The largest absolute Gasteiger partial charge is 0.262 e. The Kier molecular flexibility index (Phi) is 4.07. The minimum atomic E-state index is -3.47. The molecule has 2 heterocycles. The van der Waals surface area contributed by atoms with Crippen LogP contribution in [0, 0.1) is 0 Å². The molecule has 2 rings (SSSR count). The van der Waals surface area contributed by atoms with Gasteiger partial charge in [0.1, 0.15) is 4.90 Å².